The average molecular weight is 450 g/mol. The van der Waals surface area contributed by atoms with E-state index in [0.29, 0.717) is 0 Å². The lowest BCUT2D eigenvalue weighted by Crippen LogP contribution is -1.80. The second-order valence-corrected chi connectivity index (χ2v) is 10.1. The fourth-order valence-electron chi connectivity index (χ4n) is 5.66. The van der Waals surface area contributed by atoms with Gasteiger partial charge in [0, 0.05) is 31.6 Å². The molecule has 34 heavy (non-hydrogen) atoms. The minimum absolute atomic E-state index is 1.22. The normalized spacial score (nSPS) is 12.1. The van der Waals surface area contributed by atoms with Gasteiger partial charge in [-0.3, -0.25) is 0 Å². The fourth-order valence-corrected chi connectivity index (χ4v) is 6.89. The predicted molar refractivity (Wildman–Crippen MR) is 149 cm³/mol. The van der Waals surface area contributed by atoms with E-state index in [-0.39, 0.29) is 0 Å². The van der Waals surface area contributed by atoms with Crippen molar-refractivity contribution < 1.29 is 0 Å². The summed E-state index contributed by atoms with van der Waals surface area (Å²) in [5, 5.41) is 10.5. The second kappa shape index (κ2) is 6.69. The van der Waals surface area contributed by atoms with Crippen LogP contribution in [0.5, 0.6) is 0 Å². The molecule has 2 heteroatoms. The lowest BCUT2D eigenvalue weighted by Gasteiger charge is -2.06. The van der Waals surface area contributed by atoms with Crippen molar-refractivity contribution in [1.29, 1.82) is 0 Å². The minimum Gasteiger partial charge on any atom is -0.353 e. The smallest absolute Gasteiger partial charge is 0.0653 e. The third-order valence-electron chi connectivity index (χ3n) is 7.18. The molecule has 0 radical (unpaired) electrons. The minimum atomic E-state index is 1.22. The summed E-state index contributed by atoms with van der Waals surface area (Å²) in [4.78, 5) is 3.89. The maximum absolute atomic E-state index is 3.89. The van der Waals surface area contributed by atoms with Gasteiger partial charge in [-0.25, -0.2) is 0 Å². The standard InChI is InChI=1S/C32H19NS/c1-2-8-19(9-3-1)20-14-16-22-21(18-20)15-17-26-28-23-10-4-5-11-24(23)29-25-12-6-7-13-27(25)34-32(29)31(28)33-30(22)26/h1-18,33H. The predicted octanol–water partition coefficient (Wildman–Crippen LogP) is 9.66. The van der Waals surface area contributed by atoms with Gasteiger partial charge in [-0.2, -0.15) is 0 Å². The highest BCUT2D eigenvalue weighted by Crippen LogP contribution is 2.46. The highest BCUT2D eigenvalue weighted by atomic mass is 32.1. The van der Waals surface area contributed by atoms with Crippen molar-refractivity contribution in [3.05, 3.63) is 109 Å². The number of nitrogens with one attached hydrogen (secondary N) is 1. The van der Waals surface area contributed by atoms with Crippen molar-refractivity contribution in [2.45, 2.75) is 0 Å². The maximum Gasteiger partial charge on any atom is 0.0653 e. The van der Waals surface area contributed by atoms with Gasteiger partial charge in [0.05, 0.1) is 15.7 Å². The Balaban J connectivity index is 1.54. The molecule has 0 atom stereocenters. The first-order valence-electron chi connectivity index (χ1n) is 11.6. The summed E-state index contributed by atoms with van der Waals surface area (Å²) in [7, 11) is 0. The summed E-state index contributed by atoms with van der Waals surface area (Å²) < 4.78 is 2.69. The zero-order valence-electron chi connectivity index (χ0n) is 18.3. The summed E-state index contributed by atoms with van der Waals surface area (Å²) in [6.07, 6.45) is 0. The van der Waals surface area contributed by atoms with Gasteiger partial charge < -0.3 is 4.98 Å². The highest BCUT2D eigenvalue weighted by Gasteiger charge is 2.18. The summed E-state index contributed by atoms with van der Waals surface area (Å²) in [6, 6.07) is 39.7. The van der Waals surface area contributed by atoms with E-state index >= 15 is 0 Å². The number of thiophene rings is 1. The molecule has 6 aromatic carbocycles. The van der Waals surface area contributed by atoms with Gasteiger partial charge in [0.2, 0.25) is 0 Å². The van der Waals surface area contributed by atoms with Crippen molar-refractivity contribution in [3.63, 3.8) is 0 Å². The molecule has 0 aliphatic carbocycles. The van der Waals surface area contributed by atoms with Crippen LogP contribution in [0.3, 0.4) is 0 Å². The molecule has 8 rings (SSSR count). The van der Waals surface area contributed by atoms with Gasteiger partial charge in [-0.05, 0) is 39.4 Å². The molecule has 0 spiro atoms. The molecule has 0 saturated carbocycles. The Morgan fingerprint density at radius 2 is 1.18 bits per heavy atom. The van der Waals surface area contributed by atoms with E-state index in [4.69, 9.17) is 0 Å². The van der Waals surface area contributed by atoms with Crippen LogP contribution in [0.4, 0.5) is 0 Å². The number of H-pyrrole nitrogens is 1. The van der Waals surface area contributed by atoms with E-state index in [1.807, 2.05) is 11.3 Å². The Morgan fingerprint density at radius 3 is 2.03 bits per heavy atom. The van der Waals surface area contributed by atoms with E-state index in [2.05, 4.69) is 114 Å². The van der Waals surface area contributed by atoms with Crippen LogP contribution in [0.2, 0.25) is 0 Å². The molecular weight excluding hydrogens is 430 g/mol. The number of fused-ring (bicyclic) bond motifs is 12. The third-order valence-corrected chi connectivity index (χ3v) is 8.37. The molecule has 0 fully saturated rings. The first-order valence-corrected chi connectivity index (χ1v) is 12.4. The quantitative estimate of drug-likeness (QED) is 0.257. The van der Waals surface area contributed by atoms with Crippen LogP contribution < -0.4 is 0 Å². The first-order chi connectivity index (χ1) is 16.9. The Labute approximate surface area is 199 Å². The number of aromatic nitrogens is 1. The van der Waals surface area contributed by atoms with Gasteiger partial charge in [-0.15, -0.1) is 11.3 Å². The molecular formula is C32H19NS. The van der Waals surface area contributed by atoms with Crippen molar-refractivity contribution in [2.24, 2.45) is 0 Å². The molecule has 2 aromatic heterocycles. The number of rotatable bonds is 1. The molecule has 0 bridgehead atoms. The van der Waals surface area contributed by atoms with E-state index in [1.54, 1.807) is 0 Å². The molecule has 1 N–H and O–H groups in total. The SMILES string of the molecule is c1ccc(-c2ccc3c(ccc4c3[nH]c3c5sc6ccccc6c5c5ccccc5c43)c2)cc1. The van der Waals surface area contributed by atoms with E-state index in [1.165, 1.54) is 74.6 Å². The van der Waals surface area contributed by atoms with Crippen LogP contribution in [0.15, 0.2) is 109 Å². The summed E-state index contributed by atoms with van der Waals surface area (Å²) in [6.45, 7) is 0. The molecule has 0 aliphatic heterocycles. The van der Waals surface area contributed by atoms with Crippen LogP contribution >= 0.6 is 11.3 Å². The van der Waals surface area contributed by atoms with Gasteiger partial charge in [0.1, 0.15) is 0 Å². The van der Waals surface area contributed by atoms with Crippen LogP contribution in [-0.4, -0.2) is 4.98 Å². The Morgan fingerprint density at radius 1 is 0.471 bits per heavy atom. The average Bonchev–Trinajstić information content (AvgIpc) is 3.48. The molecule has 2 heterocycles. The van der Waals surface area contributed by atoms with Gasteiger partial charge in [0.25, 0.3) is 0 Å². The fraction of sp³-hybridized carbons (Fsp3) is 0. The number of hydrogen-bond acceptors (Lipinski definition) is 1. The molecule has 158 valence electrons. The highest BCUT2D eigenvalue weighted by molar-refractivity contribution is 7.27. The lowest BCUT2D eigenvalue weighted by molar-refractivity contribution is 1.59. The Bertz CT molecular complexity index is 2060. The van der Waals surface area contributed by atoms with E-state index in [0.717, 1.165) is 0 Å². The Kier molecular flexibility index (Phi) is 3.60. The summed E-state index contributed by atoms with van der Waals surface area (Å²) in [5.74, 6) is 0. The molecule has 0 unspecified atom stereocenters. The maximum atomic E-state index is 3.89. The molecule has 0 aliphatic rings. The van der Waals surface area contributed by atoms with Crippen LogP contribution in [0, 0.1) is 0 Å². The zero-order chi connectivity index (χ0) is 22.2. The van der Waals surface area contributed by atoms with Gasteiger partial charge in [0.15, 0.2) is 0 Å². The van der Waals surface area contributed by atoms with Crippen LogP contribution in [0.1, 0.15) is 0 Å². The topological polar surface area (TPSA) is 15.8 Å². The van der Waals surface area contributed by atoms with Crippen LogP contribution in [-0.2, 0) is 0 Å². The van der Waals surface area contributed by atoms with Gasteiger partial charge in [-0.1, -0.05) is 97.1 Å². The van der Waals surface area contributed by atoms with Crippen molar-refractivity contribution in [1.82, 2.24) is 4.98 Å². The monoisotopic (exact) mass is 449 g/mol. The Hall–Kier alpha value is -4.14. The molecule has 0 amide bonds. The summed E-state index contributed by atoms with van der Waals surface area (Å²) in [5.41, 5.74) is 4.98. The number of aromatic amines is 1. The second-order valence-electron chi connectivity index (χ2n) is 9.01. The van der Waals surface area contributed by atoms with Crippen molar-refractivity contribution >= 4 is 74.9 Å². The molecule has 0 saturated heterocycles. The number of benzene rings is 6. The molecule has 8 aromatic rings. The zero-order valence-corrected chi connectivity index (χ0v) is 19.1. The summed E-state index contributed by atoms with van der Waals surface area (Å²) >= 11 is 1.90. The van der Waals surface area contributed by atoms with Crippen LogP contribution in [0.25, 0.3) is 74.6 Å². The lowest BCUT2D eigenvalue weighted by atomic mass is 9.97. The number of hydrogen-bond donors (Lipinski definition) is 1. The van der Waals surface area contributed by atoms with Crippen molar-refractivity contribution in [3.8, 4) is 11.1 Å². The van der Waals surface area contributed by atoms with Crippen molar-refractivity contribution in [2.75, 3.05) is 0 Å². The first kappa shape index (κ1) is 18.3. The van der Waals surface area contributed by atoms with E-state index in [9.17, 15) is 0 Å². The van der Waals surface area contributed by atoms with E-state index < -0.39 is 0 Å². The third kappa shape index (κ3) is 2.38. The molecule has 1 nitrogen and oxygen atoms in total. The van der Waals surface area contributed by atoms with Gasteiger partial charge >= 0.3 is 0 Å². The largest absolute Gasteiger partial charge is 0.353 e.